The largest absolute Gasteiger partial charge is 0.416 e. The lowest BCUT2D eigenvalue weighted by atomic mass is 9.73. The van der Waals surface area contributed by atoms with Gasteiger partial charge < -0.3 is 4.90 Å². The number of ketones is 1. The maximum absolute atomic E-state index is 13.7. The summed E-state index contributed by atoms with van der Waals surface area (Å²) in [4.78, 5) is 27.3. The average molecular weight is 483 g/mol. The van der Waals surface area contributed by atoms with Crippen LogP contribution in [-0.2, 0) is 27.5 Å². The van der Waals surface area contributed by atoms with Crippen molar-refractivity contribution in [3.8, 4) is 0 Å². The van der Waals surface area contributed by atoms with E-state index in [-0.39, 0.29) is 36.7 Å². The van der Waals surface area contributed by atoms with Gasteiger partial charge in [0.1, 0.15) is 5.78 Å². The first-order valence-electron chi connectivity index (χ1n) is 11.1. The topological polar surface area (TPSA) is 37.4 Å². The standard InChI is InChI=1S/C25H23F6NO2/c26-24(27,28)18-13-16(14-19(15-18)25(29,30)31)21-7-4-12-32(22(21)34)23(10-8-20(33)9-11-23)17-5-2-1-3-6-17/h1-3,5-6,13-15,21H,4,7-12H2. The summed E-state index contributed by atoms with van der Waals surface area (Å²) in [6.07, 6.45) is -8.15. The molecule has 2 fully saturated rings. The highest BCUT2D eigenvalue weighted by Crippen LogP contribution is 2.46. The summed E-state index contributed by atoms with van der Waals surface area (Å²) in [7, 11) is 0. The van der Waals surface area contributed by atoms with Gasteiger partial charge in [-0.15, -0.1) is 0 Å². The molecule has 1 amide bonds. The molecule has 1 atom stereocenters. The minimum Gasteiger partial charge on any atom is -0.332 e. The molecule has 1 aliphatic heterocycles. The predicted molar refractivity (Wildman–Crippen MR) is 112 cm³/mol. The van der Waals surface area contributed by atoms with Crippen molar-refractivity contribution in [2.45, 2.75) is 62.3 Å². The highest BCUT2D eigenvalue weighted by atomic mass is 19.4. The molecule has 0 bridgehead atoms. The number of hydrogen-bond donors (Lipinski definition) is 0. The maximum atomic E-state index is 13.7. The molecule has 4 rings (SSSR count). The first-order valence-corrected chi connectivity index (χ1v) is 11.1. The van der Waals surface area contributed by atoms with Crippen molar-refractivity contribution in [1.82, 2.24) is 4.90 Å². The molecule has 1 saturated carbocycles. The molecular weight excluding hydrogens is 460 g/mol. The number of nitrogens with zero attached hydrogens (tertiary/aromatic N) is 1. The number of amides is 1. The molecule has 2 aromatic carbocycles. The second kappa shape index (κ2) is 8.74. The Hall–Kier alpha value is -2.84. The summed E-state index contributed by atoms with van der Waals surface area (Å²) < 4.78 is 80.4. The number of Topliss-reactive ketones (excluding diaryl/α,β-unsaturated/α-hetero) is 1. The molecule has 2 aliphatic rings. The number of benzene rings is 2. The molecule has 1 unspecified atom stereocenters. The molecule has 0 N–H and O–H groups in total. The van der Waals surface area contributed by atoms with Gasteiger partial charge in [-0.05, 0) is 55.0 Å². The molecule has 9 heteroatoms. The monoisotopic (exact) mass is 483 g/mol. The highest BCUT2D eigenvalue weighted by Gasteiger charge is 2.47. The predicted octanol–water partition coefficient (Wildman–Crippen LogP) is 6.47. The van der Waals surface area contributed by atoms with Gasteiger partial charge in [-0.3, -0.25) is 9.59 Å². The zero-order valence-electron chi connectivity index (χ0n) is 18.2. The van der Waals surface area contributed by atoms with Gasteiger partial charge in [0.05, 0.1) is 22.6 Å². The van der Waals surface area contributed by atoms with E-state index in [9.17, 15) is 35.9 Å². The second-order valence-corrected chi connectivity index (χ2v) is 8.96. The van der Waals surface area contributed by atoms with Crippen LogP contribution in [0.5, 0.6) is 0 Å². The molecule has 2 aromatic rings. The highest BCUT2D eigenvalue weighted by molar-refractivity contribution is 5.86. The first kappa shape index (κ1) is 24.3. The number of hydrogen-bond acceptors (Lipinski definition) is 2. The van der Waals surface area contributed by atoms with Crippen molar-refractivity contribution in [2.75, 3.05) is 6.54 Å². The van der Waals surface area contributed by atoms with Crippen LogP contribution in [0, 0.1) is 0 Å². The van der Waals surface area contributed by atoms with Crippen molar-refractivity contribution < 1.29 is 35.9 Å². The number of rotatable bonds is 3. The van der Waals surface area contributed by atoms with Crippen molar-refractivity contribution >= 4 is 11.7 Å². The molecular formula is C25H23F6NO2. The van der Waals surface area contributed by atoms with Gasteiger partial charge >= 0.3 is 12.4 Å². The molecule has 1 heterocycles. The fourth-order valence-electron chi connectivity index (χ4n) is 5.19. The number of likely N-dealkylation sites (tertiary alicyclic amines) is 1. The number of alkyl halides is 6. The Labute approximate surface area is 192 Å². The summed E-state index contributed by atoms with van der Waals surface area (Å²) >= 11 is 0. The van der Waals surface area contributed by atoms with E-state index in [0.717, 1.165) is 5.56 Å². The quantitative estimate of drug-likeness (QED) is 0.470. The van der Waals surface area contributed by atoms with Crippen LogP contribution in [0.2, 0.25) is 0 Å². The van der Waals surface area contributed by atoms with Gasteiger partial charge in [-0.2, -0.15) is 26.3 Å². The number of carbonyl (C=O) groups excluding carboxylic acids is 2. The molecule has 3 nitrogen and oxygen atoms in total. The second-order valence-electron chi connectivity index (χ2n) is 8.96. The zero-order chi connectivity index (χ0) is 24.7. The summed E-state index contributed by atoms with van der Waals surface area (Å²) in [6.45, 7) is 0.323. The van der Waals surface area contributed by atoms with Crippen LogP contribution in [0.25, 0.3) is 0 Å². The van der Waals surface area contributed by atoms with E-state index in [1.54, 1.807) is 4.90 Å². The fraction of sp³-hybridized carbons (Fsp3) is 0.440. The van der Waals surface area contributed by atoms with Gasteiger partial charge in [0.15, 0.2) is 0 Å². The Kier molecular flexibility index (Phi) is 6.25. The normalized spacial score (nSPS) is 21.6. The number of halogens is 6. The molecule has 0 spiro atoms. The Morgan fingerprint density at radius 1 is 0.824 bits per heavy atom. The molecule has 34 heavy (non-hydrogen) atoms. The van der Waals surface area contributed by atoms with Crippen LogP contribution in [0.15, 0.2) is 48.5 Å². The van der Waals surface area contributed by atoms with E-state index in [1.807, 2.05) is 30.3 Å². The third-order valence-electron chi connectivity index (χ3n) is 6.91. The molecule has 1 aliphatic carbocycles. The van der Waals surface area contributed by atoms with Gasteiger partial charge in [-0.25, -0.2) is 0 Å². The van der Waals surface area contributed by atoms with E-state index in [0.29, 0.717) is 37.9 Å². The minimum absolute atomic E-state index is 0.0697. The smallest absolute Gasteiger partial charge is 0.332 e. The minimum atomic E-state index is -4.98. The van der Waals surface area contributed by atoms with E-state index >= 15 is 0 Å². The molecule has 0 aromatic heterocycles. The lowest BCUT2D eigenvalue weighted by Gasteiger charge is -2.49. The van der Waals surface area contributed by atoms with Crippen molar-refractivity contribution in [1.29, 1.82) is 0 Å². The van der Waals surface area contributed by atoms with Gasteiger partial charge in [0.2, 0.25) is 5.91 Å². The van der Waals surface area contributed by atoms with Crippen molar-refractivity contribution in [2.24, 2.45) is 0 Å². The average Bonchev–Trinajstić information content (AvgIpc) is 2.79. The Balaban J connectivity index is 1.77. The van der Waals surface area contributed by atoms with Crippen LogP contribution in [0.4, 0.5) is 26.3 Å². The van der Waals surface area contributed by atoms with Crippen LogP contribution in [0.1, 0.15) is 66.7 Å². The van der Waals surface area contributed by atoms with Crippen LogP contribution in [-0.4, -0.2) is 23.1 Å². The summed E-state index contributed by atoms with van der Waals surface area (Å²) in [5.74, 6) is -1.56. The fourth-order valence-corrected chi connectivity index (χ4v) is 5.19. The van der Waals surface area contributed by atoms with Crippen molar-refractivity contribution in [3.05, 3.63) is 70.8 Å². The van der Waals surface area contributed by atoms with Gasteiger partial charge in [0, 0.05) is 19.4 Å². The lowest BCUT2D eigenvalue weighted by molar-refractivity contribution is -0.148. The number of carbonyl (C=O) groups is 2. The first-order chi connectivity index (χ1) is 15.9. The lowest BCUT2D eigenvalue weighted by Crippen LogP contribution is -2.55. The van der Waals surface area contributed by atoms with Gasteiger partial charge in [-0.1, -0.05) is 30.3 Å². The summed E-state index contributed by atoms with van der Waals surface area (Å²) in [6, 6.07) is 10.5. The van der Waals surface area contributed by atoms with Crippen LogP contribution < -0.4 is 0 Å². The summed E-state index contributed by atoms with van der Waals surface area (Å²) in [5, 5.41) is 0. The van der Waals surface area contributed by atoms with E-state index in [2.05, 4.69) is 0 Å². The zero-order valence-corrected chi connectivity index (χ0v) is 18.2. The maximum Gasteiger partial charge on any atom is 0.416 e. The van der Waals surface area contributed by atoms with Crippen LogP contribution >= 0.6 is 0 Å². The molecule has 1 saturated heterocycles. The summed E-state index contributed by atoms with van der Waals surface area (Å²) in [5.41, 5.74) is -3.14. The van der Waals surface area contributed by atoms with E-state index in [1.165, 1.54) is 0 Å². The Morgan fingerprint density at radius 2 is 1.38 bits per heavy atom. The molecule has 182 valence electrons. The Morgan fingerprint density at radius 3 is 1.91 bits per heavy atom. The third kappa shape index (κ3) is 4.57. The number of piperidine rings is 1. The van der Waals surface area contributed by atoms with Crippen LogP contribution in [0.3, 0.4) is 0 Å². The van der Waals surface area contributed by atoms with E-state index in [4.69, 9.17) is 0 Å². The van der Waals surface area contributed by atoms with Gasteiger partial charge in [0.25, 0.3) is 0 Å². The Bertz CT molecular complexity index is 1030. The third-order valence-corrected chi connectivity index (χ3v) is 6.91. The SMILES string of the molecule is O=C1CCC(c2ccccc2)(N2CCCC(c3cc(C(F)(F)F)cc(C(F)(F)F)c3)C2=O)CC1. The molecule has 0 radical (unpaired) electrons. The van der Waals surface area contributed by atoms with E-state index < -0.39 is 40.8 Å². The van der Waals surface area contributed by atoms with Crippen molar-refractivity contribution in [3.63, 3.8) is 0 Å².